The summed E-state index contributed by atoms with van der Waals surface area (Å²) >= 11 is 0. The van der Waals surface area contributed by atoms with E-state index in [1.54, 1.807) is 0 Å². The second-order valence-electron chi connectivity index (χ2n) is 7.54. The summed E-state index contributed by atoms with van der Waals surface area (Å²) in [5.74, 6) is -2.17. The first-order valence-electron chi connectivity index (χ1n) is 10.0. The molecule has 0 saturated heterocycles. The third-order valence-corrected chi connectivity index (χ3v) is 5.48. The zero-order chi connectivity index (χ0) is 22.8. The zero-order valence-corrected chi connectivity index (χ0v) is 17.3. The van der Waals surface area contributed by atoms with Crippen LogP contribution >= 0.6 is 0 Å². The molecule has 0 aliphatic heterocycles. The second kappa shape index (κ2) is 8.64. The number of ketones is 2. The molecule has 0 heterocycles. The first kappa shape index (κ1) is 21.3. The van der Waals surface area contributed by atoms with Crippen LogP contribution < -0.4 is 5.32 Å². The third kappa shape index (κ3) is 3.86. The number of carbonyl (C=O) groups is 3. The molecule has 7 nitrogen and oxygen atoms in total. The van der Waals surface area contributed by atoms with Gasteiger partial charge < -0.3 is 20.3 Å². The lowest BCUT2D eigenvalue weighted by molar-refractivity contribution is -0.143. The molecule has 1 aliphatic carbocycles. The Labute approximate surface area is 184 Å². The molecule has 0 amide bonds. The number of benzene rings is 3. The van der Waals surface area contributed by atoms with Crippen LogP contribution in [-0.4, -0.2) is 40.9 Å². The SMILES string of the molecule is COC(=O)[C@H](Cc1ccccc1)NCc1cc(O)c2c(c1)C(=O)c1cccc(O)c1C2=O. The van der Waals surface area contributed by atoms with Gasteiger partial charge >= 0.3 is 5.97 Å². The molecule has 1 atom stereocenters. The van der Waals surface area contributed by atoms with E-state index in [1.807, 2.05) is 30.3 Å². The zero-order valence-electron chi connectivity index (χ0n) is 17.3. The van der Waals surface area contributed by atoms with Gasteiger partial charge in [-0.2, -0.15) is 0 Å². The van der Waals surface area contributed by atoms with Crippen molar-refractivity contribution in [2.75, 3.05) is 7.11 Å². The molecule has 0 saturated carbocycles. The highest BCUT2D eigenvalue weighted by atomic mass is 16.5. The van der Waals surface area contributed by atoms with Gasteiger partial charge in [-0.05, 0) is 35.7 Å². The fourth-order valence-corrected chi connectivity index (χ4v) is 3.91. The van der Waals surface area contributed by atoms with Crippen molar-refractivity contribution in [2.45, 2.75) is 19.0 Å². The number of ether oxygens (including phenoxy) is 1. The van der Waals surface area contributed by atoms with E-state index in [0.29, 0.717) is 12.0 Å². The van der Waals surface area contributed by atoms with Crippen LogP contribution in [0.2, 0.25) is 0 Å². The highest BCUT2D eigenvalue weighted by Gasteiger charge is 2.34. The molecule has 7 heteroatoms. The summed E-state index contributed by atoms with van der Waals surface area (Å²) in [6, 6.07) is 16.0. The Balaban J connectivity index is 1.61. The average Bonchev–Trinajstić information content (AvgIpc) is 2.79. The first-order chi connectivity index (χ1) is 15.4. The van der Waals surface area contributed by atoms with E-state index < -0.39 is 23.6 Å². The summed E-state index contributed by atoms with van der Waals surface area (Å²) < 4.78 is 4.90. The number of aromatic hydroxyl groups is 2. The van der Waals surface area contributed by atoms with E-state index >= 15 is 0 Å². The van der Waals surface area contributed by atoms with E-state index in [9.17, 15) is 24.6 Å². The van der Waals surface area contributed by atoms with Gasteiger partial charge in [-0.25, -0.2) is 0 Å². The number of hydrogen-bond acceptors (Lipinski definition) is 7. The van der Waals surface area contributed by atoms with Crippen LogP contribution in [0.25, 0.3) is 0 Å². The number of carbonyl (C=O) groups excluding carboxylic acids is 3. The number of rotatable bonds is 6. The van der Waals surface area contributed by atoms with Crippen LogP contribution in [-0.2, 0) is 22.5 Å². The molecule has 0 fully saturated rings. The summed E-state index contributed by atoms with van der Waals surface area (Å²) in [5, 5.41) is 23.7. The van der Waals surface area contributed by atoms with Gasteiger partial charge in [0.25, 0.3) is 0 Å². The molecule has 4 rings (SSSR count). The Morgan fingerprint density at radius 2 is 1.59 bits per heavy atom. The Bertz CT molecular complexity index is 1220. The molecule has 3 N–H and O–H groups in total. The molecule has 0 radical (unpaired) electrons. The van der Waals surface area contributed by atoms with E-state index in [-0.39, 0.29) is 40.3 Å². The summed E-state index contributed by atoms with van der Waals surface area (Å²) in [5.41, 5.74) is 1.36. The molecule has 1 aliphatic rings. The first-order valence-corrected chi connectivity index (χ1v) is 10.0. The molecular weight excluding hydrogens is 410 g/mol. The topological polar surface area (TPSA) is 113 Å². The average molecular weight is 431 g/mol. The van der Waals surface area contributed by atoms with Crippen molar-refractivity contribution in [3.63, 3.8) is 0 Å². The van der Waals surface area contributed by atoms with Crippen molar-refractivity contribution in [3.05, 3.63) is 94.0 Å². The van der Waals surface area contributed by atoms with Crippen molar-refractivity contribution in [2.24, 2.45) is 0 Å². The van der Waals surface area contributed by atoms with Crippen molar-refractivity contribution >= 4 is 17.5 Å². The highest BCUT2D eigenvalue weighted by molar-refractivity contribution is 6.30. The van der Waals surface area contributed by atoms with Gasteiger partial charge in [-0.3, -0.25) is 14.4 Å². The van der Waals surface area contributed by atoms with Crippen LogP contribution in [0.1, 0.15) is 43.0 Å². The van der Waals surface area contributed by atoms with E-state index in [4.69, 9.17) is 4.74 Å². The van der Waals surface area contributed by atoms with Gasteiger partial charge in [-0.15, -0.1) is 0 Å². The number of methoxy groups -OCH3 is 1. The summed E-state index contributed by atoms with van der Waals surface area (Å²) in [6.07, 6.45) is 0.397. The Morgan fingerprint density at radius 3 is 2.31 bits per heavy atom. The number of esters is 1. The lowest BCUT2D eigenvalue weighted by Crippen LogP contribution is -2.39. The Kier molecular flexibility index (Phi) is 5.75. The monoisotopic (exact) mass is 431 g/mol. The van der Waals surface area contributed by atoms with Crippen LogP contribution in [0.3, 0.4) is 0 Å². The number of hydrogen-bond donors (Lipinski definition) is 3. The summed E-state index contributed by atoms with van der Waals surface area (Å²) in [4.78, 5) is 38.1. The van der Waals surface area contributed by atoms with Crippen molar-refractivity contribution in [1.29, 1.82) is 0 Å². The Hall–Kier alpha value is -3.97. The minimum Gasteiger partial charge on any atom is -0.507 e. The normalized spacial score (nSPS) is 13.3. The number of phenols is 2. The molecule has 0 unspecified atom stereocenters. The maximum Gasteiger partial charge on any atom is 0.323 e. The molecule has 0 aromatic heterocycles. The molecular formula is C25H21NO6. The van der Waals surface area contributed by atoms with Gasteiger partial charge in [0.2, 0.25) is 5.78 Å². The lowest BCUT2D eigenvalue weighted by Gasteiger charge is -2.21. The summed E-state index contributed by atoms with van der Waals surface area (Å²) in [7, 11) is 1.31. The fourth-order valence-electron chi connectivity index (χ4n) is 3.91. The predicted molar refractivity (Wildman–Crippen MR) is 116 cm³/mol. The van der Waals surface area contributed by atoms with Gasteiger partial charge in [-0.1, -0.05) is 42.5 Å². The third-order valence-electron chi connectivity index (χ3n) is 5.48. The van der Waals surface area contributed by atoms with E-state index in [2.05, 4.69) is 5.32 Å². The maximum absolute atomic E-state index is 13.0. The maximum atomic E-state index is 13.0. The van der Waals surface area contributed by atoms with Gasteiger partial charge in [0, 0.05) is 17.7 Å². The molecule has 162 valence electrons. The molecule has 3 aromatic carbocycles. The highest BCUT2D eigenvalue weighted by Crippen LogP contribution is 2.37. The molecule has 32 heavy (non-hydrogen) atoms. The minimum atomic E-state index is -0.643. The van der Waals surface area contributed by atoms with E-state index in [0.717, 1.165) is 5.56 Å². The van der Waals surface area contributed by atoms with Gasteiger partial charge in [0.05, 0.1) is 18.2 Å². The van der Waals surface area contributed by atoms with Crippen LogP contribution in [0.5, 0.6) is 11.5 Å². The van der Waals surface area contributed by atoms with Crippen LogP contribution in [0.4, 0.5) is 0 Å². The smallest absolute Gasteiger partial charge is 0.323 e. The second-order valence-corrected chi connectivity index (χ2v) is 7.54. The number of fused-ring (bicyclic) bond motifs is 2. The fraction of sp³-hybridized carbons (Fsp3) is 0.160. The van der Waals surface area contributed by atoms with Crippen LogP contribution in [0, 0.1) is 0 Å². The number of phenolic OH excluding ortho intramolecular Hbond substituents is 2. The van der Waals surface area contributed by atoms with E-state index in [1.165, 1.54) is 37.4 Å². The van der Waals surface area contributed by atoms with Crippen molar-refractivity contribution in [1.82, 2.24) is 5.32 Å². The predicted octanol–water partition coefficient (Wildman–Crippen LogP) is 2.75. The largest absolute Gasteiger partial charge is 0.507 e. The van der Waals surface area contributed by atoms with Crippen molar-refractivity contribution < 1.29 is 29.3 Å². The lowest BCUT2D eigenvalue weighted by atomic mass is 9.82. The van der Waals surface area contributed by atoms with Gasteiger partial charge in [0.1, 0.15) is 17.5 Å². The quantitative estimate of drug-likeness (QED) is 0.402. The standard InChI is InChI=1S/C25H21NO6/c1-32-25(31)18(11-14-6-3-2-4-7-14)26-13-15-10-17-22(20(28)12-15)24(30)21-16(23(17)29)8-5-9-19(21)27/h2-10,12,18,26-28H,11,13H2,1H3/t18-/m0/s1. The minimum absolute atomic E-state index is 0.0579. The Morgan fingerprint density at radius 1 is 0.875 bits per heavy atom. The van der Waals surface area contributed by atoms with Crippen molar-refractivity contribution in [3.8, 4) is 11.5 Å². The molecule has 3 aromatic rings. The summed E-state index contributed by atoms with van der Waals surface area (Å²) in [6.45, 7) is 0.155. The number of nitrogens with one attached hydrogen (secondary N) is 1. The van der Waals surface area contributed by atoms with Crippen LogP contribution in [0.15, 0.2) is 60.7 Å². The van der Waals surface area contributed by atoms with Gasteiger partial charge in [0.15, 0.2) is 5.78 Å². The molecule has 0 bridgehead atoms. The molecule has 0 spiro atoms.